The average molecular weight is 190 g/mol. The molecule has 2 heteroatoms. The normalized spacial score (nSPS) is 11.3. The van der Waals surface area contributed by atoms with Crippen molar-refractivity contribution in [3.8, 4) is 0 Å². The van der Waals surface area contributed by atoms with E-state index in [0.29, 0.717) is 0 Å². The van der Waals surface area contributed by atoms with Crippen LogP contribution >= 0.6 is 15.9 Å². The molecule has 0 heterocycles. The number of hydrogen-bond donors (Lipinski definition) is 0. The highest BCUT2D eigenvalue weighted by Crippen LogP contribution is 2.07. The second-order valence-electron chi connectivity index (χ2n) is 2.12. The summed E-state index contributed by atoms with van der Waals surface area (Å²) in [6, 6.07) is 0. The van der Waals surface area contributed by atoms with Crippen LogP contribution in [0.15, 0.2) is 22.8 Å². The summed E-state index contributed by atoms with van der Waals surface area (Å²) in [5, 5.41) is 0. The summed E-state index contributed by atoms with van der Waals surface area (Å²) in [4.78, 5) is 1.96. The van der Waals surface area contributed by atoms with Gasteiger partial charge in [-0.3, -0.25) is 0 Å². The third-order valence-corrected chi connectivity index (χ3v) is 1.17. The summed E-state index contributed by atoms with van der Waals surface area (Å²) in [7, 11) is 3.93. The second-order valence-corrected chi connectivity index (χ2v) is 3.37. The summed E-state index contributed by atoms with van der Waals surface area (Å²) in [5.74, 6) is 0. The Labute approximate surface area is 65.2 Å². The zero-order valence-electron chi connectivity index (χ0n) is 6.11. The van der Waals surface area contributed by atoms with Crippen molar-refractivity contribution in [3.63, 3.8) is 0 Å². The van der Waals surface area contributed by atoms with E-state index in [-0.39, 0.29) is 0 Å². The maximum atomic E-state index is 3.81. The van der Waals surface area contributed by atoms with E-state index in [1.165, 1.54) is 0 Å². The zero-order chi connectivity index (χ0) is 7.44. The minimum absolute atomic E-state index is 1.00. The fraction of sp³-hybridized carbons (Fsp3) is 0.429. The number of allylic oxidation sites excluding steroid dienone is 2. The first-order valence-electron chi connectivity index (χ1n) is 2.74. The number of nitrogens with zero attached hydrogens (tertiary/aromatic N) is 1. The van der Waals surface area contributed by atoms with Crippen molar-refractivity contribution < 1.29 is 0 Å². The molecule has 0 saturated carbocycles. The molecule has 0 aromatic heterocycles. The van der Waals surface area contributed by atoms with E-state index < -0.39 is 0 Å². The molecule has 52 valence electrons. The van der Waals surface area contributed by atoms with Gasteiger partial charge in [-0.1, -0.05) is 22.5 Å². The van der Waals surface area contributed by atoms with Crippen molar-refractivity contribution in [2.75, 3.05) is 14.1 Å². The predicted molar refractivity (Wildman–Crippen MR) is 45.5 cm³/mol. The van der Waals surface area contributed by atoms with E-state index in [9.17, 15) is 0 Å². The van der Waals surface area contributed by atoms with Gasteiger partial charge < -0.3 is 4.90 Å². The summed E-state index contributed by atoms with van der Waals surface area (Å²) in [6.07, 6.45) is 1.97. The lowest BCUT2D eigenvalue weighted by molar-refractivity contribution is 0.532. The molecule has 9 heavy (non-hydrogen) atoms. The molecule has 0 bridgehead atoms. The standard InChI is InChI=1S/C7H12BrN/c1-6(8)5-7(2)9(3)4/h5H,2H2,1,3-4H3/b6-5+. The fourth-order valence-corrected chi connectivity index (χ4v) is 0.623. The molecule has 0 amide bonds. The van der Waals surface area contributed by atoms with Crippen LogP contribution in [-0.2, 0) is 0 Å². The Morgan fingerprint density at radius 3 is 2.11 bits per heavy atom. The Balaban J connectivity index is 3.93. The first kappa shape index (κ1) is 8.76. The molecule has 0 aliphatic carbocycles. The Bertz CT molecular complexity index is 132. The number of hydrogen-bond acceptors (Lipinski definition) is 1. The van der Waals surface area contributed by atoms with Gasteiger partial charge in [-0.2, -0.15) is 0 Å². The third-order valence-electron chi connectivity index (χ3n) is 0.940. The largest absolute Gasteiger partial charge is 0.378 e. The molecule has 0 aliphatic heterocycles. The van der Waals surface area contributed by atoms with Gasteiger partial charge in [0.1, 0.15) is 0 Å². The maximum Gasteiger partial charge on any atom is 0.0295 e. The van der Waals surface area contributed by atoms with E-state index >= 15 is 0 Å². The van der Waals surface area contributed by atoms with E-state index in [1.54, 1.807) is 0 Å². The fourth-order valence-electron chi connectivity index (χ4n) is 0.359. The van der Waals surface area contributed by atoms with Gasteiger partial charge in [0, 0.05) is 19.8 Å². The van der Waals surface area contributed by atoms with Gasteiger partial charge >= 0.3 is 0 Å². The first-order chi connectivity index (χ1) is 4.04. The summed E-state index contributed by atoms with van der Waals surface area (Å²) >= 11 is 3.32. The Hall–Kier alpha value is -0.240. The lowest BCUT2D eigenvalue weighted by Gasteiger charge is -2.11. The summed E-state index contributed by atoms with van der Waals surface area (Å²) < 4.78 is 1.10. The minimum Gasteiger partial charge on any atom is -0.378 e. The van der Waals surface area contributed by atoms with Gasteiger partial charge in [0.05, 0.1) is 0 Å². The van der Waals surface area contributed by atoms with E-state index in [0.717, 1.165) is 10.2 Å². The van der Waals surface area contributed by atoms with E-state index in [1.807, 2.05) is 32.0 Å². The molecule has 0 aromatic rings. The summed E-state index contributed by atoms with van der Waals surface area (Å²) in [5.41, 5.74) is 1.00. The minimum atomic E-state index is 1.00. The lowest BCUT2D eigenvalue weighted by Crippen LogP contribution is -2.07. The van der Waals surface area contributed by atoms with Gasteiger partial charge in [0.15, 0.2) is 0 Å². The second kappa shape index (κ2) is 3.72. The predicted octanol–water partition coefficient (Wildman–Crippen LogP) is 2.36. The van der Waals surface area contributed by atoms with Crippen LogP contribution < -0.4 is 0 Å². The van der Waals surface area contributed by atoms with Crippen LogP contribution in [0.5, 0.6) is 0 Å². The molecular weight excluding hydrogens is 178 g/mol. The molecule has 0 atom stereocenters. The molecule has 0 aromatic carbocycles. The van der Waals surface area contributed by atoms with Crippen LogP contribution in [0.2, 0.25) is 0 Å². The van der Waals surface area contributed by atoms with Crippen LogP contribution in [-0.4, -0.2) is 19.0 Å². The van der Waals surface area contributed by atoms with Gasteiger partial charge in [0.2, 0.25) is 0 Å². The molecule has 0 aliphatic rings. The molecule has 0 saturated heterocycles. The average Bonchev–Trinajstić information content (AvgIpc) is 1.63. The van der Waals surface area contributed by atoms with Crippen molar-refractivity contribution in [2.24, 2.45) is 0 Å². The molecular formula is C7H12BrN. The quantitative estimate of drug-likeness (QED) is 0.604. The van der Waals surface area contributed by atoms with Crippen molar-refractivity contribution >= 4 is 15.9 Å². The highest BCUT2D eigenvalue weighted by Gasteiger charge is 1.89. The van der Waals surface area contributed by atoms with Crippen molar-refractivity contribution in [3.05, 3.63) is 22.8 Å². The lowest BCUT2D eigenvalue weighted by atomic mass is 10.4. The van der Waals surface area contributed by atoms with Crippen LogP contribution in [0.1, 0.15) is 6.92 Å². The molecule has 0 fully saturated rings. The highest BCUT2D eigenvalue weighted by molar-refractivity contribution is 9.11. The monoisotopic (exact) mass is 189 g/mol. The summed E-state index contributed by atoms with van der Waals surface area (Å²) in [6.45, 7) is 5.79. The topological polar surface area (TPSA) is 3.24 Å². The smallest absolute Gasteiger partial charge is 0.0295 e. The molecule has 0 N–H and O–H groups in total. The van der Waals surface area contributed by atoms with E-state index in [4.69, 9.17) is 0 Å². The highest BCUT2D eigenvalue weighted by atomic mass is 79.9. The number of halogens is 1. The van der Waals surface area contributed by atoms with Gasteiger partial charge in [0.25, 0.3) is 0 Å². The molecule has 0 radical (unpaired) electrons. The third kappa shape index (κ3) is 4.28. The SMILES string of the molecule is C=C(/C=C(\C)Br)N(C)C. The van der Waals surface area contributed by atoms with E-state index in [2.05, 4.69) is 22.5 Å². The number of rotatable bonds is 2. The molecule has 0 unspecified atom stereocenters. The van der Waals surface area contributed by atoms with Crippen molar-refractivity contribution in [1.29, 1.82) is 0 Å². The van der Waals surface area contributed by atoms with Gasteiger partial charge in [-0.05, 0) is 17.5 Å². The van der Waals surface area contributed by atoms with Crippen LogP contribution in [0.3, 0.4) is 0 Å². The Morgan fingerprint density at radius 2 is 2.00 bits per heavy atom. The van der Waals surface area contributed by atoms with Crippen molar-refractivity contribution in [2.45, 2.75) is 6.92 Å². The van der Waals surface area contributed by atoms with Crippen LogP contribution in [0.25, 0.3) is 0 Å². The molecule has 0 spiro atoms. The zero-order valence-corrected chi connectivity index (χ0v) is 7.70. The molecule has 0 rings (SSSR count). The molecule has 1 nitrogen and oxygen atoms in total. The number of likely N-dealkylation sites (N-methyl/N-ethyl adjacent to an activating group) is 1. The van der Waals surface area contributed by atoms with Crippen LogP contribution in [0, 0.1) is 0 Å². The van der Waals surface area contributed by atoms with Crippen LogP contribution in [0.4, 0.5) is 0 Å². The Morgan fingerprint density at radius 1 is 1.56 bits per heavy atom. The Kier molecular flexibility index (Phi) is 3.62. The van der Waals surface area contributed by atoms with Crippen molar-refractivity contribution in [1.82, 2.24) is 4.90 Å². The maximum absolute atomic E-state index is 3.81. The van der Waals surface area contributed by atoms with Gasteiger partial charge in [-0.25, -0.2) is 0 Å². The first-order valence-corrected chi connectivity index (χ1v) is 3.53. The van der Waals surface area contributed by atoms with Gasteiger partial charge in [-0.15, -0.1) is 0 Å².